The van der Waals surface area contributed by atoms with Crippen LogP contribution >= 0.6 is 0 Å². The van der Waals surface area contributed by atoms with Crippen molar-refractivity contribution in [2.45, 2.75) is 39.0 Å². The van der Waals surface area contributed by atoms with Crippen LogP contribution < -0.4 is 5.32 Å². The molecule has 0 aromatic carbocycles. The molecule has 15 heavy (non-hydrogen) atoms. The summed E-state index contributed by atoms with van der Waals surface area (Å²) in [6, 6.07) is 0. The number of oxazole rings is 1. The molecule has 1 aromatic heterocycles. The average Bonchev–Trinajstić information content (AvgIpc) is 2.67. The van der Waals surface area contributed by atoms with Gasteiger partial charge in [-0.1, -0.05) is 13.8 Å². The van der Waals surface area contributed by atoms with Crippen LogP contribution in [-0.2, 0) is 6.42 Å². The van der Waals surface area contributed by atoms with E-state index in [2.05, 4.69) is 24.1 Å². The lowest BCUT2D eigenvalue weighted by Gasteiger charge is -2.19. The van der Waals surface area contributed by atoms with E-state index in [1.165, 1.54) is 0 Å². The Morgan fingerprint density at radius 3 is 2.87 bits per heavy atom. The summed E-state index contributed by atoms with van der Waals surface area (Å²) in [4.78, 5) is 4.58. The number of nitrogens with one attached hydrogen (secondary N) is 1. The molecule has 2 heterocycles. The Kier molecular flexibility index (Phi) is 3.41. The molecule has 2 rings (SSSR count). The van der Waals surface area contributed by atoms with Crippen molar-refractivity contribution in [1.29, 1.82) is 0 Å². The third-order valence-corrected chi connectivity index (χ3v) is 2.88. The van der Waals surface area contributed by atoms with Crippen molar-refractivity contribution in [3.63, 3.8) is 0 Å². The Bertz CT molecular complexity index is 300. The molecule has 84 valence electrons. The highest BCUT2D eigenvalue weighted by Gasteiger charge is 2.20. The molecule has 0 bridgehead atoms. The van der Waals surface area contributed by atoms with Gasteiger partial charge in [-0.25, -0.2) is 4.98 Å². The molecule has 1 N–H and O–H groups in total. The molecule has 0 atom stereocenters. The van der Waals surface area contributed by atoms with Gasteiger partial charge in [-0.15, -0.1) is 0 Å². The van der Waals surface area contributed by atoms with E-state index in [0.29, 0.717) is 11.8 Å². The molecule has 1 aliphatic rings. The van der Waals surface area contributed by atoms with Crippen molar-refractivity contribution in [1.82, 2.24) is 10.3 Å². The highest BCUT2D eigenvalue weighted by Crippen LogP contribution is 2.24. The van der Waals surface area contributed by atoms with E-state index in [1.54, 1.807) is 0 Å². The number of piperidine rings is 1. The lowest BCUT2D eigenvalue weighted by molar-refractivity contribution is 0.374. The predicted octanol–water partition coefficient (Wildman–Crippen LogP) is 2.34. The lowest BCUT2D eigenvalue weighted by Crippen LogP contribution is -2.26. The van der Waals surface area contributed by atoms with Crippen LogP contribution in [-0.4, -0.2) is 18.1 Å². The fraction of sp³-hybridized carbons (Fsp3) is 0.750. The first kappa shape index (κ1) is 10.7. The van der Waals surface area contributed by atoms with Crippen LogP contribution in [0.3, 0.4) is 0 Å². The monoisotopic (exact) mass is 208 g/mol. The van der Waals surface area contributed by atoms with E-state index in [1.807, 2.05) is 6.26 Å². The third kappa shape index (κ3) is 2.81. The summed E-state index contributed by atoms with van der Waals surface area (Å²) in [6.07, 6.45) is 5.16. The Balaban J connectivity index is 1.99. The van der Waals surface area contributed by atoms with Gasteiger partial charge >= 0.3 is 0 Å². The number of nitrogens with zero attached hydrogens (tertiary/aromatic N) is 1. The molecule has 1 fully saturated rings. The predicted molar refractivity (Wildman–Crippen MR) is 59.9 cm³/mol. The van der Waals surface area contributed by atoms with Crippen LogP contribution in [0, 0.1) is 5.92 Å². The van der Waals surface area contributed by atoms with E-state index in [0.717, 1.165) is 43.9 Å². The zero-order valence-electron chi connectivity index (χ0n) is 9.62. The molecular formula is C12H20N2O. The maximum absolute atomic E-state index is 5.57. The van der Waals surface area contributed by atoms with Gasteiger partial charge in [-0.2, -0.15) is 0 Å². The molecule has 3 nitrogen and oxygen atoms in total. The summed E-state index contributed by atoms with van der Waals surface area (Å²) in [7, 11) is 0. The molecule has 1 saturated heterocycles. The van der Waals surface area contributed by atoms with Crippen molar-refractivity contribution in [2.24, 2.45) is 5.92 Å². The van der Waals surface area contributed by atoms with E-state index in [9.17, 15) is 0 Å². The van der Waals surface area contributed by atoms with Gasteiger partial charge in [0.25, 0.3) is 0 Å². The van der Waals surface area contributed by atoms with Crippen molar-refractivity contribution < 1.29 is 4.42 Å². The quantitative estimate of drug-likeness (QED) is 0.828. The molecule has 0 saturated carbocycles. The topological polar surface area (TPSA) is 38.1 Å². The summed E-state index contributed by atoms with van der Waals surface area (Å²) < 4.78 is 5.57. The van der Waals surface area contributed by atoms with Crippen LogP contribution in [0.1, 0.15) is 44.2 Å². The SMILES string of the molecule is CC(C)Cc1coc(C2CCNCC2)n1. The summed E-state index contributed by atoms with van der Waals surface area (Å²) >= 11 is 0. The molecule has 0 spiro atoms. The van der Waals surface area contributed by atoms with Gasteiger partial charge in [0.2, 0.25) is 0 Å². The van der Waals surface area contributed by atoms with Crippen molar-refractivity contribution in [3.05, 3.63) is 17.8 Å². The maximum atomic E-state index is 5.57. The molecule has 0 amide bonds. The van der Waals surface area contributed by atoms with Crippen molar-refractivity contribution >= 4 is 0 Å². The third-order valence-electron chi connectivity index (χ3n) is 2.88. The van der Waals surface area contributed by atoms with E-state index < -0.39 is 0 Å². The first-order valence-electron chi connectivity index (χ1n) is 5.90. The van der Waals surface area contributed by atoms with Gasteiger partial charge < -0.3 is 9.73 Å². The zero-order chi connectivity index (χ0) is 10.7. The minimum atomic E-state index is 0.534. The zero-order valence-corrected chi connectivity index (χ0v) is 9.62. The number of hydrogen-bond acceptors (Lipinski definition) is 3. The Morgan fingerprint density at radius 2 is 2.20 bits per heavy atom. The van der Waals surface area contributed by atoms with Gasteiger partial charge in [0.1, 0.15) is 6.26 Å². The van der Waals surface area contributed by atoms with Gasteiger partial charge in [-0.05, 0) is 38.3 Å². The molecular weight excluding hydrogens is 188 g/mol. The highest BCUT2D eigenvalue weighted by atomic mass is 16.3. The first-order valence-corrected chi connectivity index (χ1v) is 5.90. The summed E-state index contributed by atoms with van der Waals surface area (Å²) in [6.45, 7) is 6.59. The molecule has 1 aromatic rings. The molecule has 1 aliphatic heterocycles. The fourth-order valence-electron chi connectivity index (χ4n) is 2.09. The number of aromatic nitrogens is 1. The standard InChI is InChI=1S/C12H20N2O/c1-9(2)7-11-8-15-12(14-11)10-3-5-13-6-4-10/h8-10,13H,3-7H2,1-2H3. The van der Waals surface area contributed by atoms with Crippen molar-refractivity contribution in [2.75, 3.05) is 13.1 Å². The van der Waals surface area contributed by atoms with Gasteiger partial charge in [-0.3, -0.25) is 0 Å². The van der Waals surface area contributed by atoms with Gasteiger partial charge in [0.15, 0.2) is 5.89 Å². The van der Waals surface area contributed by atoms with Crippen LogP contribution in [0.25, 0.3) is 0 Å². The number of rotatable bonds is 3. The fourth-order valence-corrected chi connectivity index (χ4v) is 2.09. The summed E-state index contributed by atoms with van der Waals surface area (Å²) in [5, 5.41) is 3.35. The lowest BCUT2D eigenvalue weighted by atomic mass is 9.98. The minimum Gasteiger partial charge on any atom is -0.448 e. The van der Waals surface area contributed by atoms with Crippen molar-refractivity contribution in [3.8, 4) is 0 Å². The average molecular weight is 208 g/mol. The summed E-state index contributed by atoms with van der Waals surface area (Å²) in [5.74, 6) is 2.13. The van der Waals surface area contributed by atoms with Crippen LogP contribution in [0.5, 0.6) is 0 Å². The Hall–Kier alpha value is -0.830. The van der Waals surface area contributed by atoms with Gasteiger partial charge in [0, 0.05) is 5.92 Å². The smallest absolute Gasteiger partial charge is 0.197 e. The maximum Gasteiger partial charge on any atom is 0.197 e. The normalized spacial score (nSPS) is 18.6. The van der Waals surface area contributed by atoms with Crippen LogP contribution in [0.4, 0.5) is 0 Å². The minimum absolute atomic E-state index is 0.534. The highest BCUT2D eigenvalue weighted by molar-refractivity contribution is 5.02. The van der Waals surface area contributed by atoms with E-state index in [4.69, 9.17) is 4.42 Å². The number of hydrogen-bond donors (Lipinski definition) is 1. The van der Waals surface area contributed by atoms with E-state index in [-0.39, 0.29) is 0 Å². The second-order valence-electron chi connectivity index (χ2n) is 4.80. The first-order chi connectivity index (χ1) is 7.25. The van der Waals surface area contributed by atoms with E-state index >= 15 is 0 Å². The van der Waals surface area contributed by atoms with Crippen LogP contribution in [0.2, 0.25) is 0 Å². The second-order valence-corrected chi connectivity index (χ2v) is 4.80. The molecule has 0 radical (unpaired) electrons. The van der Waals surface area contributed by atoms with Crippen LogP contribution in [0.15, 0.2) is 10.7 Å². The largest absolute Gasteiger partial charge is 0.448 e. The molecule has 0 unspecified atom stereocenters. The Morgan fingerprint density at radius 1 is 1.47 bits per heavy atom. The molecule has 3 heteroatoms. The Labute approximate surface area is 91.3 Å². The summed E-state index contributed by atoms with van der Waals surface area (Å²) in [5.41, 5.74) is 1.11. The van der Waals surface area contributed by atoms with Gasteiger partial charge in [0.05, 0.1) is 5.69 Å². The second kappa shape index (κ2) is 4.79. The molecule has 0 aliphatic carbocycles.